The molecular formula is C14H11BrClF2N. The highest BCUT2D eigenvalue weighted by atomic mass is 79.9. The van der Waals surface area contributed by atoms with Crippen LogP contribution in [-0.4, -0.2) is 0 Å². The maximum Gasteiger partial charge on any atom is 0.164 e. The topological polar surface area (TPSA) is 12.0 Å². The Kier molecular flexibility index (Phi) is 4.42. The summed E-state index contributed by atoms with van der Waals surface area (Å²) in [6, 6.07) is 8.96. The molecule has 0 spiro atoms. The van der Waals surface area contributed by atoms with Crippen molar-refractivity contribution < 1.29 is 8.78 Å². The van der Waals surface area contributed by atoms with Crippen molar-refractivity contribution in [2.45, 2.75) is 13.0 Å². The molecule has 1 N–H and O–H groups in total. The molecule has 1 unspecified atom stereocenters. The summed E-state index contributed by atoms with van der Waals surface area (Å²) in [6.45, 7) is 1.86. The van der Waals surface area contributed by atoms with Gasteiger partial charge in [-0.25, -0.2) is 8.78 Å². The summed E-state index contributed by atoms with van der Waals surface area (Å²) in [5.74, 6) is -0.814. The molecule has 2 aromatic rings. The maximum atomic E-state index is 13.8. The minimum Gasteiger partial charge on any atom is -0.376 e. The molecule has 0 bridgehead atoms. The van der Waals surface area contributed by atoms with Gasteiger partial charge in [0, 0.05) is 10.5 Å². The number of hydrogen-bond donors (Lipinski definition) is 1. The zero-order chi connectivity index (χ0) is 14.0. The van der Waals surface area contributed by atoms with Crippen molar-refractivity contribution in [1.82, 2.24) is 0 Å². The quantitative estimate of drug-likeness (QED) is 0.768. The van der Waals surface area contributed by atoms with Gasteiger partial charge < -0.3 is 5.32 Å². The third-order valence-corrected chi connectivity index (χ3v) is 3.73. The van der Waals surface area contributed by atoms with E-state index < -0.39 is 5.82 Å². The normalized spacial score (nSPS) is 12.3. The molecule has 0 aliphatic rings. The summed E-state index contributed by atoms with van der Waals surface area (Å²) in [4.78, 5) is 0. The summed E-state index contributed by atoms with van der Waals surface area (Å²) in [7, 11) is 0. The van der Waals surface area contributed by atoms with Crippen molar-refractivity contribution in [2.24, 2.45) is 0 Å². The molecule has 5 heteroatoms. The molecule has 0 radical (unpaired) electrons. The highest BCUT2D eigenvalue weighted by Crippen LogP contribution is 2.29. The van der Waals surface area contributed by atoms with Crippen LogP contribution in [0.5, 0.6) is 0 Å². The average Bonchev–Trinajstić information content (AvgIpc) is 2.34. The highest BCUT2D eigenvalue weighted by molar-refractivity contribution is 9.10. The van der Waals surface area contributed by atoms with E-state index in [2.05, 4.69) is 21.2 Å². The monoisotopic (exact) mass is 345 g/mol. The lowest BCUT2D eigenvalue weighted by Gasteiger charge is -2.18. The third-order valence-electron chi connectivity index (χ3n) is 2.75. The lowest BCUT2D eigenvalue weighted by atomic mass is 10.1. The number of nitrogens with one attached hydrogen (secondary N) is 1. The summed E-state index contributed by atoms with van der Waals surface area (Å²) in [5, 5.41) is 3.08. The largest absolute Gasteiger partial charge is 0.376 e. The summed E-state index contributed by atoms with van der Waals surface area (Å²) in [5.41, 5.74) is 1.15. The summed E-state index contributed by atoms with van der Waals surface area (Å²) < 4.78 is 27.4. The molecule has 0 aliphatic heterocycles. The molecule has 0 heterocycles. The molecule has 19 heavy (non-hydrogen) atoms. The van der Waals surface area contributed by atoms with E-state index in [-0.39, 0.29) is 16.9 Å². The smallest absolute Gasteiger partial charge is 0.164 e. The molecule has 0 aromatic heterocycles. The number of hydrogen-bond acceptors (Lipinski definition) is 1. The maximum absolute atomic E-state index is 13.8. The van der Waals surface area contributed by atoms with E-state index in [0.717, 1.165) is 5.56 Å². The Morgan fingerprint density at radius 1 is 1.21 bits per heavy atom. The number of benzene rings is 2. The predicted octanol–water partition coefficient (Wildman–Crippen LogP) is 5.55. The van der Waals surface area contributed by atoms with Gasteiger partial charge in [0.25, 0.3) is 0 Å². The van der Waals surface area contributed by atoms with E-state index in [1.807, 2.05) is 6.92 Å². The Morgan fingerprint density at radius 2 is 1.95 bits per heavy atom. The zero-order valence-electron chi connectivity index (χ0n) is 10.1. The molecule has 2 aromatic carbocycles. The lowest BCUT2D eigenvalue weighted by molar-refractivity contribution is 0.623. The minimum atomic E-state index is -0.491. The summed E-state index contributed by atoms with van der Waals surface area (Å²) in [6.07, 6.45) is 0. The lowest BCUT2D eigenvalue weighted by Crippen LogP contribution is -2.09. The van der Waals surface area contributed by atoms with E-state index in [1.54, 1.807) is 18.2 Å². The molecule has 0 fully saturated rings. The first-order valence-electron chi connectivity index (χ1n) is 5.64. The second-order valence-electron chi connectivity index (χ2n) is 4.13. The fourth-order valence-corrected chi connectivity index (χ4v) is 2.65. The Bertz CT molecular complexity index is 604. The van der Waals surface area contributed by atoms with Crippen molar-refractivity contribution >= 4 is 33.2 Å². The fourth-order valence-electron chi connectivity index (χ4n) is 1.78. The van der Waals surface area contributed by atoms with Crippen LogP contribution in [0.2, 0.25) is 5.02 Å². The Hall–Kier alpha value is -1.13. The Balaban J connectivity index is 2.25. The van der Waals surface area contributed by atoms with Gasteiger partial charge in [-0.1, -0.05) is 39.7 Å². The molecule has 1 atom stereocenters. The van der Waals surface area contributed by atoms with E-state index in [9.17, 15) is 8.78 Å². The van der Waals surface area contributed by atoms with Gasteiger partial charge in [0.15, 0.2) is 5.82 Å². The van der Waals surface area contributed by atoms with Crippen molar-refractivity contribution in [3.8, 4) is 0 Å². The van der Waals surface area contributed by atoms with Gasteiger partial charge in [-0.15, -0.1) is 0 Å². The number of anilines is 1. The van der Waals surface area contributed by atoms with Gasteiger partial charge in [0.2, 0.25) is 0 Å². The standard InChI is InChI=1S/C14H11BrClF2N/c1-8(10-6-5-9(17)7-11(10)15)19-13-4-2-3-12(16)14(13)18/h2-8,19H,1H3. The van der Waals surface area contributed by atoms with Gasteiger partial charge in [0.1, 0.15) is 5.82 Å². The van der Waals surface area contributed by atoms with E-state index in [0.29, 0.717) is 10.2 Å². The van der Waals surface area contributed by atoms with Gasteiger partial charge in [-0.2, -0.15) is 0 Å². The Morgan fingerprint density at radius 3 is 2.63 bits per heavy atom. The van der Waals surface area contributed by atoms with Crippen molar-refractivity contribution in [3.05, 3.63) is 63.1 Å². The SMILES string of the molecule is CC(Nc1cccc(Cl)c1F)c1ccc(F)cc1Br. The average molecular weight is 347 g/mol. The molecule has 0 amide bonds. The van der Waals surface area contributed by atoms with Crippen LogP contribution in [0.15, 0.2) is 40.9 Å². The van der Waals surface area contributed by atoms with E-state index in [1.165, 1.54) is 18.2 Å². The van der Waals surface area contributed by atoms with Crippen molar-refractivity contribution in [2.75, 3.05) is 5.32 Å². The first kappa shape index (κ1) is 14.3. The number of halogens is 4. The highest BCUT2D eigenvalue weighted by Gasteiger charge is 2.13. The molecule has 0 aliphatic carbocycles. The van der Waals surface area contributed by atoms with Crippen LogP contribution in [0.25, 0.3) is 0 Å². The second kappa shape index (κ2) is 5.88. The van der Waals surface area contributed by atoms with Crippen LogP contribution in [-0.2, 0) is 0 Å². The van der Waals surface area contributed by atoms with Gasteiger partial charge >= 0.3 is 0 Å². The molecule has 2 rings (SSSR count). The molecule has 1 nitrogen and oxygen atoms in total. The van der Waals surface area contributed by atoms with Crippen LogP contribution >= 0.6 is 27.5 Å². The van der Waals surface area contributed by atoms with Crippen molar-refractivity contribution in [3.63, 3.8) is 0 Å². The number of rotatable bonds is 3. The fraction of sp³-hybridized carbons (Fsp3) is 0.143. The summed E-state index contributed by atoms with van der Waals surface area (Å²) >= 11 is 9.02. The molecular weight excluding hydrogens is 336 g/mol. The zero-order valence-corrected chi connectivity index (χ0v) is 12.4. The van der Waals surface area contributed by atoms with E-state index in [4.69, 9.17) is 11.6 Å². The van der Waals surface area contributed by atoms with Crippen LogP contribution in [0.1, 0.15) is 18.5 Å². The third kappa shape index (κ3) is 3.25. The van der Waals surface area contributed by atoms with E-state index >= 15 is 0 Å². The van der Waals surface area contributed by atoms with Crippen LogP contribution in [0.4, 0.5) is 14.5 Å². The first-order valence-corrected chi connectivity index (χ1v) is 6.81. The Labute approximate surface area is 123 Å². The van der Waals surface area contributed by atoms with Crippen LogP contribution < -0.4 is 5.32 Å². The minimum absolute atomic E-state index is 0.0652. The molecule has 100 valence electrons. The van der Waals surface area contributed by atoms with Gasteiger partial charge in [-0.3, -0.25) is 0 Å². The first-order chi connectivity index (χ1) is 8.99. The van der Waals surface area contributed by atoms with Gasteiger partial charge in [-0.05, 0) is 36.8 Å². The van der Waals surface area contributed by atoms with Crippen LogP contribution in [0.3, 0.4) is 0 Å². The molecule has 0 saturated heterocycles. The van der Waals surface area contributed by atoms with Gasteiger partial charge in [0.05, 0.1) is 10.7 Å². The predicted molar refractivity (Wildman–Crippen MR) is 77.5 cm³/mol. The second-order valence-corrected chi connectivity index (χ2v) is 5.39. The van der Waals surface area contributed by atoms with Crippen molar-refractivity contribution in [1.29, 1.82) is 0 Å². The van der Waals surface area contributed by atoms with Crippen LogP contribution in [0, 0.1) is 11.6 Å². The molecule has 0 saturated carbocycles.